The second-order valence-corrected chi connectivity index (χ2v) is 3.31. The number of rotatable bonds is 8. The van der Waals surface area contributed by atoms with Gasteiger partial charge in [0.25, 0.3) is 0 Å². The summed E-state index contributed by atoms with van der Waals surface area (Å²) in [5, 5.41) is 0. The van der Waals surface area contributed by atoms with Crippen LogP contribution in [0, 0.1) is 0 Å². The largest absolute Gasteiger partial charge is 0.491 e. The lowest BCUT2D eigenvalue weighted by molar-refractivity contribution is -0.00747. The Morgan fingerprint density at radius 1 is 1.25 bits per heavy atom. The van der Waals surface area contributed by atoms with Crippen LogP contribution in [0.4, 0.5) is 0 Å². The molecule has 1 unspecified atom stereocenters. The molecule has 0 amide bonds. The van der Waals surface area contributed by atoms with Crippen molar-refractivity contribution in [2.24, 2.45) is 0 Å². The molecule has 0 saturated heterocycles. The average molecular weight is 222 g/mol. The minimum atomic E-state index is -0.0554. The zero-order chi connectivity index (χ0) is 11.6. The Labute approximate surface area is 96.6 Å². The summed E-state index contributed by atoms with van der Waals surface area (Å²) in [6.45, 7) is 5.11. The molecule has 0 aliphatic carbocycles. The van der Waals surface area contributed by atoms with E-state index in [2.05, 4.69) is 6.58 Å². The first-order chi connectivity index (χ1) is 7.86. The minimum absolute atomic E-state index is 0.0554. The van der Waals surface area contributed by atoms with Crippen LogP contribution >= 0.6 is 0 Å². The van der Waals surface area contributed by atoms with Gasteiger partial charge < -0.3 is 14.2 Å². The molecule has 1 aromatic carbocycles. The first kappa shape index (κ1) is 12.7. The number of benzene rings is 1. The van der Waals surface area contributed by atoms with Crippen LogP contribution in [0.15, 0.2) is 43.0 Å². The molecule has 0 fully saturated rings. The van der Waals surface area contributed by atoms with Crippen molar-refractivity contribution in [3.8, 4) is 5.75 Å². The monoisotopic (exact) mass is 222 g/mol. The van der Waals surface area contributed by atoms with E-state index in [1.54, 1.807) is 13.2 Å². The summed E-state index contributed by atoms with van der Waals surface area (Å²) in [6, 6.07) is 9.65. The molecule has 0 saturated carbocycles. The van der Waals surface area contributed by atoms with Gasteiger partial charge in [0, 0.05) is 7.11 Å². The van der Waals surface area contributed by atoms with E-state index in [-0.39, 0.29) is 6.10 Å². The van der Waals surface area contributed by atoms with E-state index in [4.69, 9.17) is 14.2 Å². The highest BCUT2D eigenvalue weighted by Gasteiger charge is 2.07. The van der Waals surface area contributed by atoms with Crippen molar-refractivity contribution >= 4 is 0 Å². The first-order valence-corrected chi connectivity index (χ1v) is 5.26. The fourth-order valence-electron chi connectivity index (χ4n) is 1.17. The molecule has 88 valence electrons. The zero-order valence-electron chi connectivity index (χ0n) is 9.59. The van der Waals surface area contributed by atoms with E-state index >= 15 is 0 Å². The van der Waals surface area contributed by atoms with Crippen molar-refractivity contribution < 1.29 is 14.2 Å². The second kappa shape index (κ2) is 7.91. The van der Waals surface area contributed by atoms with Gasteiger partial charge in [-0.1, -0.05) is 24.3 Å². The fourth-order valence-corrected chi connectivity index (χ4v) is 1.17. The molecule has 0 bridgehead atoms. The molecule has 0 aromatic heterocycles. The van der Waals surface area contributed by atoms with Crippen LogP contribution in [0.25, 0.3) is 0 Å². The van der Waals surface area contributed by atoms with Gasteiger partial charge in [-0.05, 0) is 12.1 Å². The van der Waals surface area contributed by atoms with Crippen LogP contribution in [0.3, 0.4) is 0 Å². The number of hydrogen-bond acceptors (Lipinski definition) is 3. The number of methoxy groups -OCH3 is 1. The molecular formula is C13H18O3. The lowest BCUT2D eigenvalue weighted by Gasteiger charge is -2.15. The van der Waals surface area contributed by atoms with Gasteiger partial charge in [-0.3, -0.25) is 0 Å². The van der Waals surface area contributed by atoms with Crippen LogP contribution in [0.2, 0.25) is 0 Å². The van der Waals surface area contributed by atoms with E-state index in [0.29, 0.717) is 19.8 Å². The third-order valence-electron chi connectivity index (χ3n) is 2.05. The summed E-state index contributed by atoms with van der Waals surface area (Å²) in [4.78, 5) is 0. The summed E-state index contributed by atoms with van der Waals surface area (Å²) in [6.07, 6.45) is 1.66. The Bertz CT molecular complexity index is 284. The van der Waals surface area contributed by atoms with Gasteiger partial charge >= 0.3 is 0 Å². The van der Waals surface area contributed by atoms with E-state index in [9.17, 15) is 0 Å². The summed E-state index contributed by atoms with van der Waals surface area (Å²) < 4.78 is 16.1. The smallest absolute Gasteiger partial charge is 0.119 e. The maximum Gasteiger partial charge on any atom is 0.119 e. The van der Waals surface area contributed by atoms with Crippen LogP contribution in [0.5, 0.6) is 5.75 Å². The third kappa shape index (κ3) is 4.96. The highest BCUT2D eigenvalue weighted by molar-refractivity contribution is 5.20. The van der Waals surface area contributed by atoms with Crippen molar-refractivity contribution in [1.29, 1.82) is 0 Å². The highest BCUT2D eigenvalue weighted by Crippen LogP contribution is 2.09. The van der Waals surface area contributed by atoms with Crippen LogP contribution in [-0.2, 0) is 9.47 Å². The van der Waals surface area contributed by atoms with E-state index < -0.39 is 0 Å². The first-order valence-electron chi connectivity index (χ1n) is 5.26. The van der Waals surface area contributed by atoms with Gasteiger partial charge in [-0.2, -0.15) is 0 Å². The molecule has 1 aromatic rings. The van der Waals surface area contributed by atoms with Crippen LogP contribution in [0.1, 0.15) is 0 Å². The molecule has 3 heteroatoms. The normalized spacial score (nSPS) is 12.1. The molecule has 3 nitrogen and oxygen atoms in total. The van der Waals surface area contributed by atoms with Crippen molar-refractivity contribution in [2.75, 3.05) is 26.9 Å². The van der Waals surface area contributed by atoms with Gasteiger partial charge in [0.2, 0.25) is 0 Å². The predicted octanol–water partition coefficient (Wildman–Crippen LogP) is 2.28. The van der Waals surface area contributed by atoms with Gasteiger partial charge in [0.05, 0.1) is 13.2 Å². The molecule has 0 N–H and O–H groups in total. The quantitative estimate of drug-likeness (QED) is 0.499. The second-order valence-electron chi connectivity index (χ2n) is 3.31. The van der Waals surface area contributed by atoms with Crippen molar-refractivity contribution in [2.45, 2.75) is 6.10 Å². The van der Waals surface area contributed by atoms with E-state index in [1.807, 2.05) is 30.3 Å². The lowest BCUT2D eigenvalue weighted by Crippen LogP contribution is -2.26. The maximum absolute atomic E-state index is 5.56. The van der Waals surface area contributed by atoms with Crippen molar-refractivity contribution in [3.05, 3.63) is 43.0 Å². The van der Waals surface area contributed by atoms with Crippen molar-refractivity contribution in [3.63, 3.8) is 0 Å². The molecular weight excluding hydrogens is 204 g/mol. The number of para-hydroxylation sites is 1. The van der Waals surface area contributed by atoms with Gasteiger partial charge in [0.15, 0.2) is 0 Å². The molecule has 16 heavy (non-hydrogen) atoms. The molecule has 0 heterocycles. The summed E-state index contributed by atoms with van der Waals surface area (Å²) in [5.41, 5.74) is 0. The highest BCUT2D eigenvalue weighted by atomic mass is 16.6. The predicted molar refractivity (Wildman–Crippen MR) is 63.8 cm³/mol. The topological polar surface area (TPSA) is 27.7 Å². The molecule has 0 aliphatic rings. The summed E-state index contributed by atoms with van der Waals surface area (Å²) in [5.74, 6) is 0.841. The summed E-state index contributed by atoms with van der Waals surface area (Å²) in [7, 11) is 1.65. The molecule has 0 aliphatic heterocycles. The average Bonchev–Trinajstić information content (AvgIpc) is 2.35. The Hall–Kier alpha value is -1.32. The molecule has 1 rings (SSSR count). The van der Waals surface area contributed by atoms with E-state index in [1.165, 1.54) is 0 Å². The Kier molecular flexibility index (Phi) is 6.30. The number of hydrogen-bond donors (Lipinski definition) is 0. The fraction of sp³-hybridized carbons (Fsp3) is 0.385. The zero-order valence-corrected chi connectivity index (χ0v) is 9.59. The van der Waals surface area contributed by atoms with Crippen molar-refractivity contribution in [1.82, 2.24) is 0 Å². The number of ether oxygens (including phenoxy) is 3. The van der Waals surface area contributed by atoms with Crippen LogP contribution in [-0.4, -0.2) is 33.0 Å². The van der Waals surface area contributed by atoms with E-state index in [0.717, 1.165) is 5.75 Å². The van der Waals surface area contributed by atoms with Gasteiger partial charge in [0.1, 0.15) is 18.5 Å². The molecule has 0 spiro atoms. The van der Waals surface area contributed by atoms with Gasteiger partial charge in [-0.25, -0.2) is 0 Å². The lowest BCUT2D eigenvalue weighted by atomic mass is 10.3. The Balaban J connectivity index is 2.25. The molecule has 1 atom stereocenters. The third-order valence-corrected chi connectivity index (χ3v) is 2.05. The standard InChI is InChI=1S/C13H18O3/c1-3-9-15-10-13(14-2)11-16-12-7-5-4-6-8-12/h3-8,13H,1,9-11H2,2H3. The molecule has 0 radical (unpaired) electrons. The Morgan fingerprint density at radius 3 is 2.62 bits per heavy atom. The Morgan fingerprint density at radius 2 is 2.00 bits per heavy atom. The van der Waals surface area contributed by atoms with Crippen LogP contribution < -0.4 is 4.74 Å². The SMILES string of the molecule is C=CCOCC(COc1ccccc1)OC. The minimum Gasteiger partial charge on any atom is -0.491 e. The summed E-state index contributed by atoms with van der Waals surface area (Å²) >= 11 is 0. The van der Waals surface area contributed by atoms with Gasteiger partial charge in [-0.15, -0.1) is 6.58 Å². The maximum atomic E-state index is 5.56.